The highest BCUT2D eigenvalue weighted by Crippen LogP contribution is 2.21. The smallest absolute Gasteiger partial charge is 0.242 e. The number of hydrogen-bond donors (Lipinski definition) is 1. The molecule has 2 aromatic rings. The zero-order chi connectivity index (χ0) is 20.4. The number of carbonyl (C=O) groups excluding carboxylic acids is 2. The molecule has 0 bridgehead atoms. The molecule has 2 amide bonds. The average molecular weight is 419 g/mol. The summed E-state index contributed by atoms with van der Waals surface area (Å²) < 4.78 is 0. The monoisotopic (exact) mass is 418 g/mol. The van der Waals surface area contributed by atoms with Gasteiger partial charge >= 0.3 is 0 Å². The van der Waals surface area contributed by atoms with Crippen LogP contribution in [0.4, 0.5) is 0 Å². The highest BCUT2D eigenvalue weighted by Gasteiger charge is 2.26. The van der Waals surface area contributed by atoms with Crippen molar-refractivity contribution in [2.45, 2.75) is 44.2 Å². The molecule has 0 spiro atoms. The number of halogens is 1. The highest BCUT2D eigenvalue weighted by atomic mass is 35.5. The fourth-order valence-corrected chi connectivity index (χ4v) is 3.76. The second kappa shape index (κ2) is 11.8. The van der Waals surface area contributed by atoms with Crippen molar-refractivity contribution >= 4 is 35.2 Å². The van der Waals surface area contributed by atoms with Crippen molar-refractivity contribution in [3.05, 3.63) is 65.2 Å². The van der Waals surface area contributed by atoms with Crippen molar-refractivity contribution in [2.75, 3.05) is 12.3 Å². The van der Waals surface area contributed by atoms with Gasteiger partial charge < -0.3 is 10.2 Å². The van der Waals surface area contributed by atoms with Crippen LogP contribution in [0.15, 0.2) is 59.5 Å². The minimum Gasteiger partial charge on any atom is -0.354 e. The van der Waals surface area contributed by atoms with E-state index in [1.165, 1.54) is 0 Å². The molecule has 0 aliphatic heterocycles. The van der Waals surface area contributed by atoms with Crippen molar-refractivity contribution in [1.29, 1.82) is 0 Å². The molecule has 6 heteroatoms. The van der Waals surface area contributed by atoms with Crippen LogP contribution >= 0.6 is 23.4 Å². The molecule has 1 unspecified atom stereocenters. The van der Waals surface area contributed by atoms with E-state index >= 15 is 0 Å². The standard InChI is InChI=1S/C22H27ClN2O2S/c1-3-14-24-22(27)17(2)25(16-18-9-7-8-12-20(18)23)21(26)13-15-28-19-10-5-4-6-11-19/h4-12,17H,3,13-16H2,1-2H3,(H,24,27). The molecule has 28 heavy (non-hydrogen) atoms. The first-order valence-corrected chi connectivity index (χ1v) is 10.9. The van der Waals surface area contributed by atoms with E-state index in [4.69, 9.17) is 11.6 Å². The summed E-state index contributed by atoms with van der Waals surface area (Å²) in [6.45, 7) is 4.68. The molecule has 0 saturated carbocycles. The average Bonchev–Trinajstić information content (AvgIpc) is 2.71. The van der Waals surface area contributed by atoms with E-state index in [0.29, 0.717) is 30.3 Å². The summed E-state index contributed by atoms with van der Waals surface area (Å²) in [4.78, 5) is 28.2. The minimum atomic E-state index is -0.558. The fourth-order valence-electron chi connectivity index (χ4n) is 2.71. The Balaban J connectivity index is 2.06. The highest BCUT2D eigenvalue weighted by molar-refractivity contribution is 7.99. The van der Waals surface area contributed by atoms with Crippen LogP contribution in [0.5, 0.6) is 0 Å². The molecule has 2 rings (SSSR count). The van der Waals surface area contributed by atoms with Crippen molar-refractivity contribution < 1.29 is 9.59 Å². The number of rotatable bonds is 10. The molecular formula is C22H27ClN2O2S. The lowest BCUT2D eigenvalue weighted by Gasteiger charge is -2.29. The summed E-state index contributed by atoms with van der Waals surface area (Å²) in [7, 11) is 0. The third-order valence-electron chi connectivity index (χ3n) is 4.34. The summed E-state index contributed by atoms with van der Waals surface area (Å²) in [6, 6.07) is 16.8. The van der Waals surface area contributed by atoms with Gasteiger partial charge in [0.2, 0.25) is 11.8 Å². The molecule has 0 radical (unpaired) electrons. The summed E-state index contributed by atoms with van der Waals surface area (Å²) in [5.74, 6) is 0.464. The second-order valence-corrected chi connectivity index (χ2v) is 8.07. The first kappa shape index (κ1) is 22.3. The maximum atomic E-state index is 13.0. The number of thioether (sulfide) groups is 1. The lowest BCUT2D eigenvalue weighted by molar-refractivity contribution is -0.140. The summed E-state index contributed by atoms with van der Waals surface area (Å²) in [5, 5.41) is 3.48. The fraction of sp³-hybridized carbons (Fsp3) is 0.364. The van der Waals surface area contributed by atoms with Crippen LogP contribution in [0.3, 0.4) is 0 Å². The molecule has 0 heterocycles. The van der Waals surface area contributed by atoms with E-state index in [1.807, 2.05) is 55.5 Å². The SMILES string of the molecule is CCCNC(=O)C(C)N(Cc1ccccc1Cl)C(=O)CCSc1ccccc1. The van der Waals surface area contributed by atoms with Crippen LogP contribution in [-0.2, 0) is 16.1 Å². The van der Waals surface area contributed by atoms with Crippen LogP contribution in [0.2, 0.25) is 5.02 Å². The number of amides is 2. The summed E-state index contributed by atoms with van der Waals surface area (Å²) in [6.07, 6.45) is 1.21. The van der Waals surface area contributed by atoms with Gasteiger partial charge in [0.05, 0.1) is 0 Å². The molecule has 0 aromatic heterocycles. The molecule has 150 valence electrons. The lowest BCUT2D eigenvalue weighted by atomic mass is 10.1. The predicted molar refractivity (Wildman–Crippen MR) is 117 cm³/mol. The first-order valence-electron chi connectivity index (χ1n) is 9.51. The third kappa shape index (κ3) is 6.88. The molecule has 0 aliphatic rings. The predicted octanol–water partition coefficient (Wildman–Crippen LogP) is 4.77. The van der Waals surface area contributed by atoms with E-state index in [9.17, 15) is 9.59 Å². The van der Waals surface area contributed by atoms with Crippen LogP contribution in [0.1, 0.15) is 32.3 Å². The molecule has 0 fully saturated rings. The molecule has 0 saturated heterocycles. The number of carbonyl (C=O) groups is 2. The minimum absolute atomic E-state index is 0.0532. The van der Waals surface area contributed by atoms with Crippen molar-refractivity contribution in [3.63, 3.8) is 0 Å². The number of nitrogens with one attached hydrogen (secondary N) is 1. The number of hydrogen-bond acceptors (Lipinski definition) is 3. The quantitative estimate of drug-likeness (QED) is 0.565. The van der Waals surface area contributed by atoms with Crippen LogP contribution in [0.25, 0.3) is 0 Å². The summed E-state index contributed by atoms with van der Waals surface area (Å²) in [5.41, 5.74) is 0.836. The van der Waals surface area contributed by atoms with Gasteiger partial charge in [-0.25, -0.2) is 0 Å². The Hall–Kier alpha value is -1.98. The van der Waals surface area contributed by atoms with E-state index in [0.717, 1.165) is 16.9 Å². The van der Waals surface area contributed by atoms with E-state index in [-0.39, 0.29) is 11.8 Å². The number of nitrogens with zero attached hydrogens (tertiary/aromatic N) is 1. The van der Waals surface area contributed by atoms with Gasteiger partial charge in [0, 0.05) is 35.2 Å². The normalized spacial score (nSPS) is 11.7. The van der Waals surface area contributed by atoms with Gasteiger partial charge in [-0.3, -0.25) is 9.59 Å². The zero-order valence-electron chi connectivity index (χ0n) is 16.4. The van der Waals surface area contributed by atoms with Crippen molar-refractivity contribution in [2.24, 2.45) is 0 Å². The first-order chi connectivity index (χ1) is 13.5. The maximum absolute atomic E-state index is 13.0. The second-order valence-electron chi connectivity index (χ2n) is 6.49. The van der Waals surface area contributed by atoms with Gasteiger partial charge in [-0.1, -0.05) is 54.9 Å². The summed E-state index contributed by atoms with van der Waals surface area (Å²) >= 11 is 7.92. The van der Waals surface area contributed by atoms with Gasteiger partial charge in [0.25, 0.3) is 0 Å². The maximum Gasteiger partial charge on any atom is 0.242 e. The molecule has 1 N–H and O–H groups in total. The van der Waals surface area contributed by atoms with Crippen LogP contribution in [0, 0.1) is 0 Å². The Bertz CT molecular complexity index is 770. The van der Waals surface area contributed by atoms with E-state index in [1.54, 1.807) is 29.7 Å². The Morgan fingerprint density at radius 2 is 1.79 bits per heavy atom. The van der Waals surface area contributed by atoms with Crippen LogP contribution < -0.4 is 5.32 Å². The molecular weight excluding hydrogens is 392 g/mol. The van der Waals surface area contributed by atoms with E-state index in [2.05, 4.69) is 5.32 Å². The Labute approximate surface area is 176 Å². The lowest BCUT2D eigenvalue weighted by Crippen LogP contribution is -2.47. The zero-order valence-corrected chi connectivity index (χ0v) is 17.9. The Morgan fingerprint density at radius 1 is 1.11 bits per heavy atom. The molecule has 0 aliphatic carbocycles. The molecule has 1 atom stereocenters. The van der Waals surface area contributed by atoms with Gasteiger partial charge in [-0.2, -0.15) is 0 Å². The van der Waals surface area contributed by atoms with Gasteiger partial charge in [-0.15, -0.1) is 11.8 Å². The van der Waals surface area contributed by atoms with Crippen molar-refractivity contribution in [1.82, 2.24) is 10.2 Å². The largest absolute Gasteiger partial charge is 0.354 e. The topological polar surface area (TPSA) is 49.4 Å². The van der Waals surface area contributed by atoms with Crippen molar-refractivity contribution in [3.8, 4) is 0 Å². The molecule has 2 aromatic carbocycles. The Morgan fingerprint density at radius 3 is 2.46 bits per heavy atom. The van der Waals surface area contributed by atoms with Gasteiger partial charge in [0.15, 0.2) is 0 Å². The molecule has 4 nitrogen and oxygen atoms in total. The third-order valence-corrected chi connectivity index (χ3v) is 5.73. The number of benzene rings is 2. The van der Waals surface area contributed by atoms with E-state index < -0.39 is 6.04 Å². The van der Waals surface area contributed by atoms with Gasteiger partial charge in [0.1, 0.15) is 6.04 Å². The Kier molecular flexibility index (Phi) is 9.38. The van der Waals surface area contributed by atoms with Gasteiger partial charge in [-0.05, 0) is 37.1 Å². The van der Waals surface area contributed by atoms with Crippen LogP contribution in [-0.4, -0.2) is 35.1 Å².